The minimum absolute atomic E-state index is 0.0625. The molecule has 12 heavy (non-hydrogen) atoms. The molecule has 4 heteroatoms. The summed E-state index contributed by atoms with van der Waals surface area (Å²) in [6.45, 7) is 2.97. The first kappa shape index (κ1) is 8.39. The first-order chi connectivity index (χ1) is 5.58. The average Bonchev–Trinajstić information content (AvgIpc) is 1.81. The molecule has 0 aliphatic heterocycles. The maximum absolute atomic E-state index is 10.3. The van der Waals surface area contributed by atoms with Gasteiger partial charge in [0.05, 0.1) is 6.92 Å². The van der Waals surface area contributed by atoms with E-state index in [-0.39, 0.29) is 17.2 Å². The summed E-state index contributed by atoms with van der Waals surface area (Å²) in [5.41, 5.74) is 0. The lowest BCUT2D eigenvalue weighted by molar-refractivity contribution is -0.129. The van der Waals surface area contributed by atoms with Crippen LogP contribution >= 0.6 is 0 Å². The van der Waals surface area contributed by atoms with Gasteiger partial charge in [0.2, 0.25) is 0 Å². The standard InChI is InChI=1S/C8H7O4/c1-5(9)12-8-3-6(10)2-7(11)4-8/h2-4,10-11H,1H2. The number of ether oxygens (including phenoxy) is 1. The first-order valence-corrected chi connectivity index (χ1v) is 3.15. The maximum atomic E-state index is 10.3. The highest BCUT2D eigenvalue weighted by atomic mass is 16.5. The van der Waals surface area contributed by atoms with E-state index in [0.29, 0.717) is 0 Å². The summed E-state index contributed by atoms with van der Waals surface area (Å²) in [6, 6.07) is 3.52. The van der Waals surface area contributed by atoms with Crippen LogP contribution in [-0.2, 0) is 4.79 Å². The molecule has 1 aromatic rings. The molecule has 0 aliphatic carbocycles. The molecule has 0 unspecified atom stereocenters. The number of phenols is 2. The van der Waals surface area contributed by atoms with Crippen LogP contribution in [0.3, 0.4) is 0 Å². The fourth-order valence-electron chi connectivity index (χ4n) is 0.758. The van der Waals surface area contributed by atoms with Crippen LogP contribution in [0, 0.1) is 6.92 Å². The van der Waals surface area contributed by atoms with Crippen LogP contribution in [0.25, 0.3) is 0 Å². The van der Waals surface area contributed by atoms with Crippen molar-refractivity contribution in [2.75, 3.05) is 0 Å². The van der Waals surface area contributed by atoms with Gasteiger partial charge >= 0.3 is 5.97 Å². The smallest absolute Gasteiger partial charge is 0.311 e. The van der Waals surface area contributed by atoms with E-state index >= 15 is 0 Å². The van der Waals surface area contributed by atoms with Gasteiger partial charge in [-0.2, -0.15) is 0 Å². The van der Waals surface area contributed by atoms with Gasteiger partial charge in [0.15, 0.2) is 0 Å². The van der Waals surface area contributed by atoms with E-state index in [0.717, 1.165) is 6.07 Å². The Hall–Kier alpha value is -1.71. The predicted molar refractivity (Wildman–Crippen MR) is 40.8 cm³/mol. The van der Waals surface area contributed by atoms with Crippen molar-refractivity contribution >= 4 is 5.97 Å². The number of carbonyl (C=O) groups is 1. The maximum Gasteiger partial charge on any atom is 0.311 e. The number of hydrogen-bond acceptors (Lipinski definition) is 4. The van der Waals surface area contributed by atoms with Crippen molar-refractivity contribution < 1.29 is 19.7 Å². The molecule has 0 aromatic heterocycles. The zero-order valence-electron chi connectivity index (χ0n) is 6.15. The summed E-state index contributed by atoms with van der Waals surface area (Å²) in [5, 5.41) is 17.9. The Bertz CT molecular complexity index is 286. The summed E-state index contributed by atoms with van der Waals surface area (Å²) in [4.78, 5) is 10.3. The van der Waals surface area contributed by atoms with Gasteiger partial charge in [-0.1, -0.05) is 0 Å². The van der Waals surface area contributed by atoms with Crippen molar-refractivity contribution in [3.63, 3.8) is 0 Å². The number of rotatable bonds is 1. The van der Waals surface area contributed by atoms with Crippen LogP contribution < -0.4 is 4.74 Å². The molecule has 0 heterocycles. The van der Waals surface area contributed by atoms with Gasteiger partial charge < -0.3 is 14.9 Å². The second-order valence-corrected chi connectivity index (χ2v) is 2.16. The topological polar surface area (TPSA) is 66.8 Å². The second-order valence-electron chi connectivity index (χ2n) is 2.16. The minimum atomic E-state index is -0.750. The molecule has 63 valence electrons. The number of hydrogen-bond donors (Lipinski definition) is 2. The molecule has 2 N–H and O–H groups in total. The fraction of sp³-hybridized carbons (Fsp3) is 0. The van der Waals surface area contributed by atoms with Crippen LogP contribution in [0.5, 0.6) is 17.2 Å². The van der Waals surface area contributed by atoms with Crippen molar-refractivity contribution in [1.29, 1.82) is 0 Å². The van der Waals surface area contributed by atoms with E-state index in [1.54, 1.807) is 0 Å². The molecule has 1 rings (SSSR count). The van der Waals surface area contributed by atoms with Crippen LogP contribution in [0.15, 0.2) is 18.2 Å². The summed E-state index contributed by atoms with van der Waals surface area (Å²) in [5.74, 6) is -1.04. The van der Waals surface area contributed by atoms with Crippen molar-refractivity contribution in [3.05, 3.63) is 25.1 Å². The number of aromatic hydroxyl groups is 2. The molecule has 0 saturated carbocycles. The van der Waals surface area contributed by atoms with Crippen molar-refractivity contribution in [1.82, 2.24) is 0 Å². The lowest BCUT2D eigenvalue weighted by atomic mass is 10.3. The highest BCUT2D eigenvalue weighted by Crippen LogP contribution is 2.25. The van der Waals surface area contributed by atoms with Gasteiger partial charge in [0.1, 0.15) is 17.2 Å². The third-order valence-electron chi connectivity index (χ3n) is 1.11. The normalized spacial score (nSPS) is 9.42. The average molecular weight is 167 g/mol. The second kappa shape index (κ2) is 3.13. The summed E-state index contributed by atoms with van der Waals surface area (Å²) < 4.78 is 4.51. The lowest BCUT2D eigenvalue weighted by Gasteiger charge is -2.01. The number of phenolic OH excluding ortho intramolecular Hbond substituents is 2. The van der Waals surface area contributed by atoms with Crippen molar-refractivity contribution in [2.45, 2.75) is 0 Å². The molecule has 0 fully saturated rings. The summed E-state index contributed by atoms with van der Waals surface area (Å²) >= 11 is 0. The fourth-order valence-corrected chi connectivity index (χ4v) is 0.758. The van der Waals surface area contributed by atoms with Crippen LogP contribution in [-0.4, -0.2) is 16.2 Å². The Balaban J connectivity index is 2.93. The van der Waals surface area contributed by atoms with Gasteiger partial charge in [-0.05, 0) is 0 Å². The van der Waals surface area contributed by atoms with Crippen molar-refractivity contribution in [2.24, 2.45) is 0 Å². The highest BCUT2D eigenvalue weighted by molar-refractivity contribution is 5.76. The molecular weight excluding hydrogens is 160 g/mol. The lowest BCUT2D eigenvalue weighted by Crippen LogP contribution is -2.01. The van der Waals surface area contributed by atoms with Gasteiger partial charge in [0.25, 0.3) is 0 Å². The van der Waals surface area contributed by atoms with E-state index in [2.05, 4.69) is 11.7 Å². The van der Waals surface area contributed by atoms with Crippen LogP contribution in [0.2, 0.25) is 0 Å². The van der Waals surface area contributed by atoms with Crippen LogP contribution in [0.1, 0.15) is 0 Å². The van der Waals surface area contributed by atoms with Crippen LogP contribution in [0.4, 0.5) is 0 Å². The number of esters is 1. The number of carbonyl (C=O) groups excluding carboxylic acids is 1. The summed E-state index contributed by atoms with van der Waals surface area (Å²) in [6.07, 6.45) is 0. The Morgan fingerprint density at radius 1 is 1.25 bits per heavy atom. The minimum Gasteiger partial charge on any atom is -0.508 e. The molecule has 1 aromatic carbocycles. The molecule has 1 radical (unpaired) electrons. The molecular formula is C8H7O4. The molecule has 0 spiro atoms. The zero-order chi connectivity index (χ0) is 9.14. The SMILES string of the molecule is [CH2]C(=O)Oc1cc(O)cc(O)c1. The van der Waals surface area contributed by atoms with Gasteiger partial charge in [-0.15, -0.1) is 0 Å². The Kier molecular flexibility index (Phi) is 2.19. The van der Waals surface area contributed by atoms with Gasteiger partial charge in [-0.25, -0.2) is 0 Å². The third kappa shape index (κ3) is 2.16. The van der Waals surface area contributed by atoms with Gasteiger partial charge in [-0.3, -0.25) is 4.79 Å². The first-order valence-electron chi connectivity index (χ1n) is 3.15. The monoisotopic (exact) mass is 167 g/mol. The molecule has 0 amide bonds. The summed E-state index contributed by atoms with van der Waals surface area (Å²) in [7, 11) is 0. The van der Waals surface area contributed by atoms with Gasteiger partial charge in [0, 0.05) is 18.2 Å². The predicted octanol–water partition coefficient (Wildman–Crippen LogP) is 0.837. The highest BCUT2D eigenvalue weighted by Gasteiger charge is 2.01. The Morgan fingerprint density at radius 3 is 2.17 bits per heavy atom. The molecule has 4 nitrogen and oxygen atoms in total. The number of benzene rings is 1. The molecule has 0 aliphatic rings. The Morgan fingerprint density at radius 2 is 1.75 bits per heavy atom. The zero-order valence-corrected chi connectivity index (χ0v) is 6.15. The third-order valence-corrected chi connectivity index (χ3v) is 1.11. The largest absolute Gasteiger partial charge is 0.508 e. The van der Waals surface area contributed by atoms with E-state index in [9.17, 15) is 4.79 Å². The van der Waals surface area contributed by atoms with Crippen molar-refractivity contribution in [3.8, 4) is 17.2 Å². The molecule has 0 bridgehead atoms. The molecule has 0 atom stereocenters. The van der Waals surface area contributed by atoms with E-state index in [1.807, 2.05) is 0 Å². The van der Waals surface area contributed by atoms with E-state index in [4.69, 9.17) is 10.2 Å². The Labute approximate surface area is 69.0 Å². The van der Waals surface area contributed by atoms with E-state index < -0.39 is 5.97 Å². The van der Waals surface area contributed by atoms with E-state index in [1.165, 1.54) is 12.1 Å². The molecule has 0 saturated heterocycles. The quantitative estimate of drug-likeness (QED) is 0.480.